The maximum Gasteiger partial charge on any atom is 0.472 e. The van der Waals surface area contributed by atoms with Crippen LogP contribution in [0.2, 0.25) is 0 Å². The Bertz CT molecular complexity index is 1130. The Hall–Kier alpha value is -1.70. The van der Waals surface area contributed by atoms with Gasteiger partial charge in [-0.05, 0) is 25.7 Å². The Morgan fingerprint density at radius 3 is 1.79 bits per heavy atom. The Morgan fingerprint density at radius 2 is 1.22 bits per heavy atom. The van der Waals surface area contributed by atoms with Gasteiger partial charge in [0.15, 0.2) is 6.10 Å². The van der Waals surface area contributed by atoms with Gasteiger partial charge in [0.05, 0.1) is 32.0 Å². The van der Waals surface area contributed by atoms with E-state index in [1.165, 1.54) is 70.6 Å². The second kappa shape index (κ2) is 35.0. The highest BCUT2D eigenvalue weighted by atomic mass is 31.2. The zero-order valence-corrected chi connectivity index (χ0v) is 36.9. The average Bonchev–Trinajstić information content (AvgIpc) is 3.47. The number of phosphoric ester groups is 1. The van der Waals surface area contributed by atoms with Crippen LogP contribution in [-0.4, -0.2) is 93.9 Å². The van der Waals surface area contributed by atoms with E-state index in [1.54, 1.807) is 12.2 Å². The van der Waals surface area contributed by atoms with Crippen LogP contribution in [0, 0.1) is 11.8 Å². The van der Waals surface area contributed by atoms with E-state index in [-0.39, 0.29) is 43.5 Å². The van der Waals surface area contributed by atoms with E-state index in [0.717, 1.165) is 51.4 Å². The highest BCUT2D eigenvalue weighted by Crippen LogP contribution is 2.43. The zero-order valence-electron chi connectivity index (χ0n) is 36.0. The number of rotatable bonds is 39. The third kappa shape index (κ3) is 28.7. The number of esters is 2. The summed E-state index contributed by atoms with van der Waals surface area (Å²) in [5.41, 5.74) is 0. The molecule has 0 spiro atoms. The van der Waals surface area contributed by atoms with Crippen LogP contribution < -0.4 is 0 Å². The molecule has 1 aliphatic rings. The van der Waals surface area contributed by atoms with Crippen molar-refractivity contribution in [3.63, 3.8) is 0 Å². The van der Waals surface area contributed by atoms with Gasteiger partial charge in [-0.1, -0.05) is 154 Å². The second-order valence-corrected chi connectivity index (χ2v) is 17.7. The molecule has 58 heavy (non-hydrogen) atoms. The van der Waals surface area contributed by atoms with Gasteiger partial charge >= 0.3 is 19.8 Å². The topological polar surface area (TPSA) is 206 Å². The van der Waals surface area contributed by atoms with Crippen LogP contribution in [0.15, 0.2) is 12.2 Å². The number of carbonyl (C=O) groups excluding carboxylic acids is 3. The lowest BCUT2D eigenvalue weighted by molar-refractivity contribution is -0.161. The number of ether oxygens (including phenoxy) is 2. The quantitative estimate of drug-likeness (QED) is 0.0170. The van der Waals surface area contributed by atoms with Crippen molar-refractivity contribution in [2.45, 2.75) is 212 Å². The molecule has 14 heteroatoms. The zero-order chi connectivity index (χ0) is 42.9. The molecule has 0 radical (unpaired) electrons. The smallest absolute Gasteiger partial charge is 0.462 e. The van der Waals surface area contributed by atoms with Crippen molar-refractivity contribution in [1.82, 2.24) is 0 Å². The molecule has 0 amide bonds. The molecule has 0 bridgehead atoms. The first-order valence-corrected chi connectivity index (χ1v) is 24.2. The number of hydrogen-bond donors (Lipinski definition) is 5. The fourth-order valence-corrected chi connectivity index (χ4v) is 8.03. The minimum Gasteiger partial charge on any atom is -0.462 e. The van der Waals surface area contributed by atoms with Crippen LogP contribution in [0.4, 0.5) is 0 Å². The number of unbranched alkanes of at least 4 members (excludes halogenated alkanes) is 19. The number of phosphoric acid groups is 1. The number of aliphatic hydroxyl groups excluding tert-OH is 4. The van der Waals surface area contributed by atoms with Gasteiger partial charge in [0.2, 0.25) is 0 Å². The summed E-state index contributed by atoms with van der Waals surface area (Å²) in [6.07, 6.45) is 25.0. The number of aliphatic hydroxyl groups is 4. The van der Waals surface area contributed by atoms with Crippen LogP contribution in [0.1, 0.15) is 187 Å². The van der Waals surface area contributed by atoms with Crippen molar-refractivity contribution in [3.8, 4) is 0 Å². The summed E-state index contributed by atoms with van der Waals surface area (Å²) in [6.45, 7) is 2.02. The molecule has 1 saturated carbocycles. The van der Waals surface area contributed by atoms with E-state index in [0.29, 0.717) is 32.1 Å². The Morgan fingerprint density at radius 1 is 0.724 bits per heavy atom. The van der Waals surface area contributed by atoms with Gasteiger partial charge in [0.1, 0.15) is 18.5 Å². The molecule has 0 aromatic rings. The lowest BCUT2D eigenvalue weighted by atomic mass is 9.88. The van der Waals surface area contributed by atoms with E-state index in [4.69, 9.17) is 19.1 Å². The van der Waals surface area contributed by atoms with Crippen molar-refractivity contribution in [1.29, 1.82) is 0 Å². The largest absolute Gasteiger partial charge is 0.472 e. The predicted octanol–water partition coefficient (Wildman–Crippen LogP) is 8.59. The van der Waals surface area contributed by atoms with Crippen molar-refractivity contribution in [2.75, 3.05) is 26.4 Å². The van der Waals surface area contributed by atoms with E-state index < -0.39 is 64.0 Å². The van der Waals surface area contributed by atoms with Crippen LogP contribution in [0.5, 0.6) is 0 Å². The Kier molecular flexibility index (Phi) is 32.7. The Labute approximate surface area is 349 Å². The molecule has 0 aliphatic heterocycles. The van der Waals surface area contributed by atoms with Crippen molar-refractivity contribution in [2.24, 2.45) is 11.8 Å². The van der Waals surface area contributed by atoms with Crippen LogP contribution in [0.25, 0.3) is 0 Å². The highest BCUT2D eigenvalue weighted by Gasteiger charge is 2.39. The summed E-state index contributed by atoms with van der Waals surface area (Å²) < 4.78 is 32.7. The SMILES string of the molecule is CCCCCCCCCCCCCCCCCC(=O)OC[C@H](COP(=O)(O)OC[C@@H](O)CO)OC(=O)CCCCCC[C@H]1C(=O)C[C@@H](O)[C@@H]1/C=C/[C@@H](O)CCCCC. The van der Waals surface area contributed by atoms with Gasteiger partial charge in [-0.15, -0.1) is 0 Å². The fourth-order valence-electron chi connectivity index (χ4n) is 7.24. The molecular weight excluding hydrogens is 767 g/mol. The van der Waals surface area contributed by atoms with Gasteiger partial charge in [-0.3, -0.25) is 23.4 Å². The highest BCUT2D eigenvalue weighted by molar-refractivity contribution is 7.47. The maximum atomic E-state index is 12.7. The lowest BCUT2D eigenvalue weighted by Crippen LogP contribution is -2.29. The van der Waals surface area contributed by atoms with E-state index in [2.05, 4.69) is 18.4 Å². The molecule has 1 aliphatic carbocycles. The van der Waals surface area contributed by atoms with Gasteiger partial charge in [-0.2, -0.15) is 0 Å². The molecule has 7 atom stereocenters. The first-order valence-electron chi connectivity index (χ1n) is 22.7. The Balaban J connectivity index is 2.42. The third-order valence-corrected chi connectivity index (χ3v) is 11.8. The summed E-state index contributed by atoms with van der Waals surface area (Å²) in [6, 6.07) is 0. The molecule has 1 fully saturated rings. The average molecular weight is 849 g/mol. The molecule has 0 saturated heterocycles. The van der Waals surface area contributed by atoms with Gasteiger partial charge in [-0.25, -0.2) is 4.57 Å². The monoisotopic (exact) mass is 849 g/mol. The maximum absolute atomic E-state index is 12.7. The fraction of sp³-hybridized carbons (Fsp3) is 0.886. The van der Waals surface area contributed by atoms with Crippen molar-refractivity contribution < 1.29 is 62.8 Å². The van der Waals surface area contributed by atoms with Gasteiger partial charge in [0, 0.05) is 31.1 Å². The van der Waals surface area contributed by atoms with Crippen LogP contribution >= 0.6 is 7.82 Å². The molecule has 1 rings (SSSR count). The second-order valence-electron chi connectivity index (χ2n) is 16.2. The van der Waals surface area contributed by atoms with Crippen LogP contribution in [0.3, 0.4) is 0 Å². The first-order chi connectivity index (χ1) is 27.9. The molecule has 13 nitrogen and oxygen atoms in total. The lowest BCUT2D eigenvalue weighted by Gasteiger charge is -2.20. The summed E-state index contributed by atoms with van der Waals surface area (Å²) in [4.78, 5) is 47.8. The third-order valence-electron chi connectivity index (χ3n) is 10.8. The summed E-state index contributed by atoms with van der Waals surface area (Å²) in [7, 11) is -4.68. The van der Waals surface area contributed by atoms with E-state index in [9.17, 15) is 39.2 Å². The number of carbonyl (C=O) groups is 3. The molecular formula is C44H81O13P. The summed E-state index contributed by atoms with van der Waals surface area (Å²) in [5, 5.41) is 39.1. The standard InChI is InChI=1S/C44H81O13P/c1-3-5-7-8-9-10-11-12-13-14-15-16-17-18-23-27-43(50)54-34-38(35-56-58(52,53)55-33-37(47)32-45)57-44(51)28-24-20-19-22-26-39-40(42(49)31-41(39)48)30-29-36(46)25-21-6-4-2/h29-30,36-40,42,45-47,49H,3-28,31-35H2,1-2H3,(H,52,53)/b30-29+/t36-,37-,38+,39+,40+,42+/m0/s1. The molecule has 0 aromatic carbocycles. The molecule has 5 N–H and O–H groups in total. The number of hydrogen-bond acceptors (Lipinski definition) is 12. The summed E-state index contributed by atoms with van der Waals surface area (Å²) in [5.74, 6) is -1.68. The van der Waals surface area contributed by atoms with E-state index >= 15 is 0 Å². The predicted molar refractivity (Wildman–Crippen MR) is 225 cm³/mol. The number of Topliss-reactive ketones (excluding diaryl/α,β-unsaturated/α-hetero) is 1. The molecule has 0 aromatic heterocycles. The molecule has 1 unspecified atom stereocenters. The molecule has 340 valence electrons. The number of ketones is 1. The molecule has 0 heterocycles. The van der Waals surface area contributed by atoms with Gasteiger partial charge in [0.25, 0.3) is 0 Å². The van der Waals surface area contributed by atoms with Crippen LogP contribution in [-0.2, 0) is 37.5 Å². The minimum atomic E-state index is -4.68. The normalized spacial score (nSPS) is 19.6. The minimum absolute atomic E-state index is 0.0253. The summed E-state index contributed by atoms with van der Waals surface area (Å²) >= 11 is 0. The van der Waals surface area contributed by atoms with Gasteiger partial charge < -0.3 is 34.8 Å². The van der Waals surface area contributed by atoms with Crippen molar-refractivity contribution in [3.05, 3.63) is 12.2 Å². The van der Waals surface area contributed by atoms with E-state index in [1.807, 2.05) is 0 Å². The first kappa shape index (κ1) is 54.3. The van der Waals surface area contributed by atoms with Crippen molar-refractivity contribution >= 4 is 25.5 Å².